The molecular formula is C27H27FN2O3S. The van der Waals surface area contributed by atoms with Crippen molar-refractivity contribution in [3.63, 3.8) is 0 Å². The molecule has 5 nitrogen and oxygen atoms in total. The highest BCUT2D eigenvalue weighted by atomic mass is 32.1. The van der Waals surface area contributed by atoms with Crippen molar-refractivity contribution in [2.24, 2.45) is 0 Å². The Morgan fingerprint density at radius 3 is 2.68 bits per heavy atom. The molecule has 5 rings (SSSR count). The maximum absolute atomic E-state index is 13.6. The Hall–Kier alpha value is -3.19. The first kappa shape index (κ1) is 22.6. The van der Waals surface area contributed by atoms with Gasteiger partial charge in [-0.25, -0.2) is 4.39 Å². The average molecular weight is 479 g/mol. The fourth-order valence-electron chi connectivity index (χ4n) is 4.52. The molecule has 1 aromatic heterocycles. The van der Waals surface area contributed by atoms with Crippen molar-refractivity contribution < 1.29 is 18.7 Å². The maximum atomic E-state index is 13.6. The van der Waals surface area contributed by atoms with Gasteiger partial charge in [-0.3, -0.25) is 9.59 Å². The van der Waals surface area contributed by atoms with E-state index in [1.807, 2.05) is 46.7 Å². The van der Waals surface area contributed by atoms with Crippen molar-refractivity contribution in [3.05, 3.63) is 87.9 Å². The van der Waals surface area contributed by atoms with Gasteiger partial charge in [0.2, 0.25) is 11.8 Å². The largest absolute Gasteiger partial charge is 0.491 e. The van der Waals surface area contributed by atoms with Crippen molar-refractivity contribution in [1.29, 1.82) is 0 Å². The van der Waals surface area contributed by atoms with E-state index in [0.717, 1.165) is 30.4 Å². The second-order valence-corrected chi connectivity index (χ2v) is 9.84. The molecule has 0 bridgehead atoms. The number of fused-ring (bicyclic) bond motifs is 1. The Labute approximate surface area is 202 Å². The summed E-state index contributed by atoms with van der Waals surface area (Å²) < 4.78 is 19.5. The molecule has 0 radical (unpaired) electrons. The first-order valence-corrected chi connectivity index (χ1v) is 12.5. The number of halogens is 1. The summed E-state index contributed by atoms with van der Waals surface area (Å²) in [6.07, 6.45) is 2.96. The van der Waals surface area contributed by atoms with Gasteiger partial charge in [0, 0.05) is 23.5 Å². The lowest BCUT2D eigenvalue weighted by Gasteiger charge is -2.37. The highest BCUT2D eigenvalue weighted by Crippen LogP contribution is 2.35. The van der Waals surface area contributed by atoms with Crippen LogP contribution in [0.1, 0.15) is 34.9 Å². The predicted octanol–water partition coefficient (Wildman–Crippen LogP) is 4.63. The molecule has 0 N–H and O–H groups in total. The Bertz CT molecular complexity index is 1160. The van der Waals surface area contributed by atoms with Crippen LogP contribution in [-0.4, -0.2) is 47.4 Å². The molecule has 0 spiro atoms. The lowest BCUT2D eigenvalue weighted by molar-refractivity contribution is -0.143. The number of amides is 2. The van der Waals surface area contributed by atoms with Gasteiger partial charge in [-0.1, -0.05) is 36.4 Å². The lowest BCUT2D eigenvalue weighted by Crippen LogP contribution is -2.48. The normalized spacial score (nSPS) is 17.2. The average Bonchev–Trinajstić information content (AvgIpc) is 3.57. The van der Waals surface area contributed by atoms with Crippen molar-refractivity contribution in [3.8, 4) is 5.75 Å². The molecule has 2 heterocycles. The SMILES string of the molecule is O=C(Cc1ccccc1)N(CC(=O)N1CCc2sccc2C1COc1cccc(F)c1)C1CC1. The van der Waals surface area contributed by atoms with Crippen LogP contribution in [-0.2, 0) is 22.4 Å². The molecule has 7 heteroatoms. The highest BCUT2D eigenvalue weighted by Gasteiger charge is 2.37. The zero-order chi connectivity index (χ0) is 23.5. The van der Waals surface area contributed by atoms with Crippen molar-refractivity contribution in [2.45, 2.75) is 37.8 Å². The summed E-state index contributed by atoms with van der Waals surface area (Å²) in [7, 11) is 0. The minimum absolute atomic E-state index is 0.0113. The monoisotopic (exact) mass is 478 g/mol. The third-order valence-electron chi connectivity index (χ3n) is 6.43. The third kappa shape index (κ3) is 5.14. The Morgan fingerprint density at radius 2 is 1.91 bits per heavy atom. The van der Waals surface area contributed by atoms with E-state index in [0.29, 0.717) is 18.7 Å². The molecule has 34 heavy (non-hydrogen) atoms. The number of carbonyl (C=O) groups is 2. The summed E-state index contributed by atoms with van der Waals surface area (Å²) in [5, 5.41) is 2.04. The Balaban J connectivity index is 1.30. The number of hydrogen-bond acceptors (Lipinski definition) is 4. The van der Waals surface area contributed by atoms with Gasteiger partial charge < -0.3 is 14.5 Å². The number of hydrogen-bond donors (Lipinski definition) is 0. The van der Waals surface area contributed by atoms with Crippen molar-refractivity contribution in [1.82, 2.24) is 9.80 Å². The zero-order valence-electron chi connectivity index (χ0n) is 18.9. The van der Waals surface area contributed by atoms with Crippen LogP contribution in [0.4, 0.5) is 4.39 Å². The van der Waals surface area contributed by atoms with Crippen LogP contribution in [0.5, 0.6) is 5.75 Å². The van der Waals surface area contributed by atoms with Crippen LogP contribution in [0.2, 0.25) is 0 Å². The molecular weight excluding hydrogens is 451 g/mol. The van der Waals surface area contributed by atoms with Crippen LogP contribution in [0.15, 0.2) is 66.0 Å². The first-order chi connectivity index (χ1) is 16.6. The van der Waals surface area contributed by atoms with Gasteiger partial charge in [0.15, 0.2) is 0 Å². The topological polar surface area (TPSA) is 49.9 Å². The summed E-state index contributed by atoms with van der Waals surface area (Å²) in [4.78, 5) is 31.4. The van der Waals surface area contributed by atoms with Gasteiger partial charge in [0.1, 0.15) is 24.7 Å². The number of thiophene rings is 1. The Kier molecular flexibility index (Phi) is 6.63. The van der Waals surface area contributed by atoms with E-state index in [1.54, 1.807) is 28.4 Å². The van der Waals surface area contributed by atoms with Crippen LogP contribution >= 0.6 is 11.3 Å². The lowest BCUT2D eigenvalue weighted by atomic mass is 10.0. The minimum Gasteiger partial charge on any atom is -0.491 e. The second-order valence-electron chi connectivity index (χ2n) is 8.84. The zero-order valence-corrected chi connectivity index (χ0v) is 19.7. The van der Waals surface area contributed by atoms with Gasteiger partial charge in [-0.2, -0.15) is 0 Å². The van der Waals surface area contributed by atoms with E-state index in [4.69, 9.17) is 4.74 Å². The van der Waals surface area contributed by atoms with E-state index in [1.165, 1.54) is 17.0 Å². The van der Waals surface area contributed by atoms with Crippen LogP contribution < -0.4 is 4.74 Å². The van der Waals surface area contributed by atoms with Gasteiger partial charge in [0.25, 0.3) is 0 Å². The van der Waals surface area contributed by atoms with Crippen LogP contribution in [0.3, 0.4) is 0 Å². The number of ether oxygens (including phenoxy) is 1. The molecule has 2 aliphatic rings. The standard InChI is InChI=1S/C27H27FN2O3S/c28-20-7-4-8-22(16-20)33-18-24-23-12-14-34-25(23)11-13-29(24)27(32)17-30(21-9-10-21)26(31)15-19-5-2-1-3-6-19/h1-8,12,14,16,21,24H,9-11,13,15,17-18H2. The minimum atomic E-state index is -0.359. The fourth-order valence-corrected chi connectivity index (χ4v) is 5.45. The van der Waals surface area contributed by atoms with Crippen LogP contribution in [0.25, 0.3) is 0 Å². The quantitative estimate of drug-likeness (QED) is 0.475. The number of nitrogens with zero attached hydrogens (tertiary/aromatic N) is 2. The van der Waals surface area contributed by atoms with Crippen molar-refractivity contribution in [2.75, 3.05) is 19.7 Å². The molecule has 3 aromatic rings. The molecule has 1 aliphatic carbocycles. The van der Waals surface area contributed by atoms with Gasteiger partial charge >= 0.3 is 0 Å². The maximum Gasteiger partial charge on any atom is 0.242 e. The summed E-state index contributed by atoms with van der Waals surface area (Å²) in [6.45, 7) is 0.890. The molecule has 1 atom stereocenters. The predicted molar refractivity (Wildman–Crippen MR) is 129 cm³/mol. The summed E-state index contributed by atoms with van der Waals surface area (Å²) in [5.41, 5.74) is 2.03. The van der Waals surface area contributed by atoms with Crippen LogP contribution in [0, 0.1) is 5.82 Å². The van der Waals surface area contributed by atoms with E-state index in [2.05, 4.69) is 0 Å². The number of benzene rings is 2. The first-order valence-electron chi connectivity index (χ1n) is 11.7. The van der Waals surface area contributed by atoms with E-state index in [9.17, 15) is 14.0 Å². The van der Waals surface area contributed by atoms with E-state index >= 15 is 0 Å². The summed E-state index contributed by atoms with van der Waals surface area (Å²) >= 11 is 1.68. The second kappa shape index (κ2) is 9.97. The molecule has 2 amide bonds. The summed E-state index contributed by atoms with van der Waals surface area (Å²) in [5.74, 6) is -0.00412. The molecule has 1 unspecified atom stereocenters. The number of rotatable bonds is 8. The van der Waals surface area contributed by atoms with Gasteiger partial charge in [0.05, 0.1) is 12.5 Å². The fraction of sp³-hybridized carbons (Fsp3) is 0.333. The molecule has 1 fully saturated rings. The van der Waals surface area contributed by atoms with Gasteiger partial charge in [-0.05, 0) is 54.0 Å². The molecule has 1 saturated carbocycles. The molecule has 0 saturated heterocycles. The molecule has 176 valence electrons. The summed E-state index contributed by atoms with van der Waals surface area (Å²) in [6, 6.07) is 17.6. The smallest absolute Gasteiger partial charge is 0.242 e. The molecule has 2 aromatic carbocycles. The Morgan fingerprint density at radius 1 is 1.09 bits per heavy atom. The van der Waals surface area contributed by atoms with Crippen molar-refractivity contribution >= 4 is 23.2 Å². The highest BCUT2D eigenvalue weighted by molar-refractivity contribution is 7.10. The van der Waals surface area contributed by atoms with E-state index < -0.39 is 0 Å². The molecule has 1 aliphatic heterocycles. The number of carbonyl (C=O) groups excluding carboxylic acids is 2. The third-order valence-corrected chi connectivity index (χ3v) is 7.43. The van der Waals surface area contributed by atoms with E-state index in [-0.39, 0.29) is 42.9 Å². The van der Waals surface area contributed by atoms with Gasteiger partial charge in [-0.15, -0.1) is 11.3 Å².